The predicted molar refractivity (Wildman–Crippen MR) is 36.3 cm³/mol. The predicted octanol–water partition coefficient (Wildman–Crippen LogP) is 1.36. The topological polar surface area (TPSA) is 35.2 Å². The molecule has 0 aromatic carbocycles. The molecule has 0 spiro atoms. The van der Waals surface area contributed by atoms with Gasteiger partial charge in [-0.2, -0.15) is 0 Å². The zero-order chi connectivity index (χ0) is 6.85. The summed E-state index contributed by atoms with van der Waals surface area (Å²) in [4.78, 5) is 0. The number of rotatable bonds is 0. The van der Waals surface area contributed by atoms with Crippen LogP contribution >= 0.6 is 0 Å². The van der Waals surface area contributed by atoms with E-state index in [0.29, 0.717) is 11.8 Å². The average molecular weight is 125 g/mol. The SMILES string of the molecule is CC1=COC(N)=CC1C. The lowest BCUT2D eigenvalue weighted by Gasteiger charge is -2.13. The van der Waals surface area contributed by atoms with Crippen LogP contribution in [0.25, 0.3) is 0 Å². The summed E-state index contributed by atoms with van der Waals surface area (Å²) in [5, 5.41) is 0. The largest absolute Gasteiger partial charge is 0.450 e. The van der Waals surface area contributed by atoms with E-state index in [1.165, 1.54) is 5.57 Å². The highest BCUT2D eigenvalue weighted by Crippen LogP contribution is 2.17. The fraction of sp³-hybridized carbons (Fsp3) is 0.429. The molecule has 9 heavy (non-hydrogen) atoms. The maximum absolute atomic E-state index is 5.38. The number of hydrogen-bond acceptors (Lipinski definition) is 2. The molecule has 1 unspecified atom stereocenters. The molecule has 0 aliphatic carbocycles. The Balaban J connectivity index is 2.70. The van der Waals surface area contributed by atoms with Gasteiger partial charge in [-0.25, -0.2) is 0 Å². The first kappa shape index (κ1) is 6.20. The van der Waals surface area contributed by atoms with Crippen molar-refractivity contribution in [3.05, 3.63) is 23.8 Å². The Labute approximate surface area is 55.0 Å². The molecule has 0 aromatic heterocycles. The minimum Gasteiger partial charge on any atom is -0.450 e. The molecule has 2 N–H and O–H groups in total. The standard InChI is InChI=1S/C7H11NO/c1-5-3-7(8)9-4-6(5)2/h3-5H,8H2,1-2H3. The first-order valence-corrected chi connectivity index (χ1v) is 3.01. The lowest BCUT2D eigenvalue weighted by molar-refractivity contribution is 0.323. The minimum absolute atomic E-state index is 0.429. The van der Waals surface area contributed by atoms with Crippen molar-refractivity contribution in [2.24, 2.45) is 11.7 Å². The molecular formula is C7H11NO. The Morgan fingerprint density at radius 2 is 2.33 bits per heavy atom. The van der Waals surface area contributed by atoms with Gasteiger partial charge in [-0.3, -0.25) is 0 Å². The van der Waals surface area contributed by atoms with E-state index >= 15 is 0 Å². The third-order valence-corrected chi connectivity index (χ3v) is 1.51. The zero-order valence-electron chi connectivity index (χ0n) is 5.72. The second kappa shape index (κ2) is 2.13. The van der Waals surface area contributed by atoms with E-state index in [1.54, 1.807) is 6.26 Å². The summed E-state index contributed by atoms with van der Waals surface area (Å²) in [6.07, 6.45) is 3.59. The summed E-state index contributed by atoms with van der Waals surface area (Å²) in [6, 6.07) is 0. The Bertz CT molecular complexity index is 170. The first-order chi connectivity index (χ1) is 4.20. The molecule has 1 aliphatic rings. The van der Waals surface area contributed by atoms with Gasteiger partial charge in [-0.15, -0.1) is 0 Å². The highest BCUT2D eigenvalue weighted by atomic mass is 16.5. The van der Waals surface area contributed by atoms with E-state index in [4.69, 9.17) is 10.5 Å². The van der Waals surface area contributed by atoms with Crippen LogP contribution in [-0.4, -0.2) is 0 Å². The molecule has 0 bridgehead atoms. The Morgan fingerprint density at radius 1 is 1.67 bits per heavy atom. The van der Waals surface area contributed by atoms with Gasteiger partial charge in [-0.05, 0) is 18.6 Å². The van der Waals surface area contributed by atoms with Crippen LogP contribution in [0.4, 0.5) is 0 Å². The summed E-state index contributed by atoms with van der Waals surface area (Å²) < 4.78 is 4.94. The molecule has 50 valence electrons. The Morgan fingerprint density at radius 3 is 2.78 bits per heavy atom. The number of allylic oxidation sites excluding steroid dienone is 2. The van der Waals surface area contributed by atoms with E-state index in [2.05, 4.69) is 6.92 Å². The molecule has 1 heterocycles. The molecule has 2 nitrogen and oxygen atoms in total. The van der Waals surface area contributed by atoms with E-state index in [0.717, 1.165) is 0 Å². The van der Waals surface area contributed by atoms with Gasteiger partial charge >= 0.3 is 0 Å². The first-order valence-electron chi connectivity index (χ1n) is 3.01. The van der Waals surface area contributed by atoms with Crippen LogP contribution < -0.4 is 5.73 Å². The Kier molecular flexibility index (Phi) is 1.47. The fourth-order valence-corrected chi connectivity index (χ4v) is 0.685. The molecule has 1 aliphatic heterocycles. The van der Waals surface area contributed by atoms with Gasteiger partial charge in [0.25, 0.3) is 0 Å². The van der Waals surface area contributed by atoms with Crippen molar-refractivity contribution in [3.8, 4) is 0 Å². The molecule has 0 aromatic rings. The summed E-state index contributed by atoms with van der Waals surface area (Å²) in [5.74, 6) is 0.937. The van der Waals surface area contributed by atoms with Gasteiger partial charge in [0.2, 0.25) is 0 Å². The third-order valence-electron chi connectivity index (χ3n) is 1.51. The maximum atomic E-state index is 5.38. The fourth-order valence-electron chi connectivity index (χ4n) is 0.685. The van der Waals surface area contributed by atoms with Crippen molar-refractivity contribution < 1.29 is 4.74 Å². The number of hydrogen-bond donors (Lipinski definition) is 1. The third kappa shape index (κ3) is 1.25. The van der Waals surface area contributed by atoms with Crippen molar-refractivity contribution in [2.75, 3.05) is 0 Å². The minimum atomic E-state index is 0.429. The zero-order valence-corrected chi connectivity index (χ0v) is 5.72. The highest BCUT2D eigenvalue weighted by Gasteiger charge is 2.06. The normalized spacial score (nSPS) is 26.2. The van der Waals surface area contributed by atoms with Gasteiger partial charge in [0, 0.05) is 5.92 Å². The van der Waals surface area contributed by atoms with E-state index < -0.39 is 0 Å². The second-order valence-corrected chi connectivity index (χ2v) is 2.34. The Hall–Kier alpha value is -0.920. The van der Waals surface area contributed by atoms with Crippen LogP contribution in [0.2, 0.25) is 0 Å². The molecular weight excluding hydrogens is 114 g/mol. The van der Waals surface area contributed by atoms with Crippen molar-refractivity contribution >= 4 is 0 Å². The van der Waals surface area contributed by atoms with Crippen molar-refractivity contribution in [3.63, 3.8) is 0 Å². The molecule has 0 radical (unpaired) electrons. The van der Waals surface area contributed by atoms with E-state index in [1.807, 2.05) is 13.0 Å². The molecule has 0 fully saturated rings. The van der Waals surface area contributed by atoms with Crippen molar-refractivity contribution in [1.82, 2.24) is 0 Å². The molecule has 0 saturated carbocycles. The van der Waals surface area contributed by atoms with E-state index in [9.17, 15) is 0 Å². The van der Waals surface area contributed by atoms with Gasteiger partial charge in [0.1, 0.15) is 0 Å². The highest BCUT2D eigenvalue weighted by molar-refractivity contribution is 5.13. The van der Waals surface area contributed by atoms with Crippen LogP contribution in [0, 0.1) is 5.92 Å². The molecule has 1 rings (SSSR count). The average Bonchev–Trinajstić information content (AvgIpc) is 1.80. The van der Waals surface area contributed by atoms with Crippen molar-refractivity contribution in [2.45, 2.75) is 13.8 Å². The molecule has 2 heteroatoms. The maximum Gasteiger partial charge on any atom is 0.186 e. The van der Waals surface area contributed by atoms with Gasteiger partial charge in [0.05, 0.1) is 6.26 Å². The monoisotopic (exact) mass is 125 g/mol. The molecule has 0 amide bonds. The van der Waals surface area contributed by atoms with Crippen LogP contribution in [0.15, 0.2) is 23.8 Å². The van der Waals surface area contributed by atoms with Gasteiger partial charge in [-0.1, -0.05) is 6.92 Å². The van der Waals surface area contributed by atoms with Gasteiger partial charge in [0.15, 0.2) is 5.88 Å². The smallest absolute Gasteiger partial charge is 0.186 e. The number of ether oxygens (including phenoxy) is 1. The lowest BCUT2D eigenvalue weighted by Crippen LogP contribution is -2.08. The summed E-state index contributed by atoms with van der Waals surface area (Å²) in [5.41, 5.74) is 6.59. The van der Waals surface area contributed by atoms with Crippen LogP contribution in [0.3, 0.4) is 0 Å². The van der Waals surface area contributed by atoms with Crippen LogP contribution in [-0.2, 0) is 4.74 Å². The van der Waals surface area contributed by atoms with Crippen LogP contribution in [0.1, 0.15) is 13.8 Å². The molecule has 1 atom stereocenters. The molecule has 0 saturated heterocycles. The summed E-state index contributed by atoms with van der Waals surface area (Å²) in [7, 11) is 0. The van der Waals surface area contributed by atoms with Crippen molar-refractivity contribution in [1.29, 1.82) is 0 Å². The van der Waals surface area contributed by atoms with Crippen LogP contribution in [0.5, 0.6) is 0 Å². The second-order valence-electron chi connectivity index (χ2n) is 2.34. The van der Waals surface area contributed by atoms with E-state index in [-0.39, 0.29) is 0 Å². The number of nitrogens with two attached hydrogens (primary N) is 1. The lowest BCUT2D eigenvalue weighted by atomic mass is 10.0. The quantitative estimate of drug-likeness (QED) is 0.530. The summed E-state index contributed by atoms with van der Waals surface area (Å²) >= 11 is 0. The summed E-state index contributed by atoms with van der Waals surface area (Å²) in [6.45, 7) is 4.11. The van der Waals surface area contributed by atoms with Gasteiger partial charge < -0.3 is 10.5 Å².